The van der Waals surface area contributed by atoms with Crippen LogP contribution in [0.2, 0.25) is 5.02 Å². The normalized spacial score (nSPS) is 18.8. The van der Waals surface area contributed by atoms with Crippen LogP contribution in [0.15, 0.2) is 64.9 Å². The number of nitrogens with one attached hydrogen (secondary N) is 4. The summed E-state index contributed by atoms with van der Waals surface area (Å²) in [6, 6.07) is 12.4. The van der Waals surface area contributed by atoms with E-state index in [0.29, 0.717) is 38.4 Å². The molecule has 2 heterocycles. The summed E-state index contributed by atoms with van der Waals surface area (Å²) in [5.74, 6) is -3.57. The van der Waals surface area contributed by atoms with Crippen molar-refractivity contribution >= 4 is 81.9 Å². The third-order valence-electron chi connectivity index (χ3n) is 6.05. The number of allylic oxidation sites excluding steroid dienone is 1. The Morgan fingerprint density at radius 3 is 2.55 bits per heavy atom. The highest BCUT2D eigenvalue weighted by atomic mass is 35.5. The van der Waals surface area contributed by atoms with Gasteiger partial charge >= 0.3 is 5.97 Å². The lowest BCUT2D eigenvalue weighted by atomic mass is 9.95. The molecule has 0 radical (unpaired) electrons. The first-order chi connectivity index (χ1) is 20.1. The molecule has 2 aromatic rings. The van der Waals surface area contributed by atoms with Crippen molar-refractivity contribution in [1.29, 1.82) is 0 Å². The van der Waals surface area contributed by atoms with Gasteiger partial charge in [-0.25, -0.2) is 10.2 Å². The average Bonchev–Trinajstić information content (AvgIpc) is 2.94. The number of carbonyl (C=O) groups is 4. The second-order valence-electron chi connectivity index (χ2n) is 8.85. The topological polar surface area (TPSA) is 150 Å². The molecule has 218 valence electrons. The Hall–Kier alpha value is -4.40. The van der Waals surface area contributed by atoms with Gasteiger partial charge in [-0.1, -0.05) is 29.8 Å². The summed E-state index contributed by atoms with van der Waals surface area (Å²) in [6.45, 7) is 3.13. The SMILES string of the molecule is CCOC(=O)C1=C(C)NC(=S)N[C@H]1c1ccccc1OCC(=O)NN=C[C@H]1C(=O)NC(=S)N(c2ccc(Cl)cc2)C1=O. The zero-order chi connectivity index (χ0) is 30.4. The van der Waals surface area contributed by atoms with Crippen LogP contribution in [0.5, 0.6) is 5.75 Å². The van der Waals surface area contributed by atoms with E-state index in [0.717, 1.165) is 11.1 Å². The molecule has 15 heteroatoms. The fourth-order valence-corrected chi connectivity index (χ4v) is 4.87. The fraction of sp³-hybridized carbons (Fsp3) is 0.222. The Bertz CT molecular complexity index is 1510. The molecular formula is C27H25ClN6O6S2. The first-order valence-corrected chi connectivity index (χ1v) is 13.7. The van der Waals surface area contributed by atoms with Crippen LogP contribution in [0.3, 0.4) is 0 Å². The van der Waals surface area contributed by atoms with E-state index in [1.54, 1.807) is 62.4 Å². The minimum Gasteiger partial charge on any atom is -0.483 e. The lowest BCUT2D eigenvalue weighted by Crippen LogP contribution is -2.58. The average molecular weight is 629 g/mol. The van der Waals surface area contributed by atoms with Crippen LogP contribution in [0.1, 0.15) is 25.5 Å². The van der Waals surface area contributed by atoms with Crippen LogP contribution >= 0.6 is 36.0 Å². The lowest BCUT2D eigenvalue weighted by Gasteiger charge is -2.30. The number of para-hydroxylation sites is 1. The van der Waals surface area contributed by atoms with Crippen molar-refractivity contribution in [2.75, 3.05) is 18.1 Å². The van der Waals surface area contributed by atoms with Gasteiger partial charge in [0.2, 0.25) is 5.91 Å². The molecule has 2 aromatic carbocycles. The molecule has 0 unspecified atom stereocenters. The molecule has 4 rings (SSSR count). The van der Waals surface area contributed by atoms with E-state index in [4.69, 9.17) is 45.5 Å². The standard InChI is InChI=1S/C27H25ClN6O6S2/c1-3-39-25(38)21-14(2)30-26(41)31-22(21)17-6-4-5-7-19(17)40-13-20(35)33-29-12-18-23(36)32-27(42)34(24(18)37)16-10-8-15(28)9-11-16/h4-12,18,22H,3,13H2,1-2H3,(H,33,35)(H2,30,31,41)(H,32,36,42)/t18-,22-/m0/s1. The highest BCUT2D eigenvalue weighted by molar-refractivity contribution is 7.80. The molecule has 12 nitrogen and oxygen atoms in total. The highest BCUT2D eigenvalue weighted by Gasteiger charge is 2.38. The third kappa shape index (κ3) is 6.90. The zero-order valence-electron chi connectivity index (χ0n) is 22.3. The molecule has 1 fully saturated rings. The number of carbonyl (C=O) groups excluding carboxylic acids is 4. The van der Waals surface area contributed by atoms with Crippen molar-refractivity contribution in [3.63, 3.8) is 0 Å². The van der Waals surface area contributed by atoms with Gasteiger partial charge in [0, 0.05) is 22.5 Å². The molecule has 3 amide bonds. The van der Waals surface area contributed by atoms with Gasteiger partial charge in [-0.2, -0.15) is 5.10 Å². The maximum absolute atomic E-state index is 13.0. The van der Waals surface area contributed by atoms with Gasteiger partial charge in [0.1, 0.15) is 5.75 Å². The van der Waals surface area contributed by atoms with E-state index in [9.17, 15) is 19.2 Å². The molecule has 0 aliphatic carbocycles. The van der Waals surface area contributed by atoms with Crippen LogP contribution in [-0.4, -0.2) is 53.3 Å². The molecule has 1 saturated heterocycles. The monoisotopic (exact) mass is 628 g/mol. The van der Waals surface area contributed by atoms with Gasteiger partial charge in [-0.15, -0.1) is 0 Å². The van der Waals surface area contributed by atoms with Gasteiger partial charge in [0.05, 0.1) is 23.9 Å². The summed E-state index contributed by atoms with van der Waals surface area (Å²) in [7, 11) is 0. The second-order valence-corrected chi connectivity index (χ2v) is 10.1. The van der Waals surface area contributed by atoms with Crippen LogP contribution in [0.25, 0.3) is 0 Å². The number of ether oxygens (including phenoxy) is 2. The molecule has 42 heavy (non-hydrogen) atoms. The molecule has 0 aromatic heterocycles. The fourth-order valence-electron chi connectivity index (χ4n) is 4.17. The summed E-state index contributed by atoms with van der Waals surface area (Å²) in [5.41, 5.74) is 4.04. The van der Waals surface area contributed by atoms with Crippen molar-refractivity contribution in [1.82, 2.24) is 21.4 Å². The summed E-state index contributed by atoms with van der Waals surface area (Å²) in [4.78, 5) is 51.8. The van der Waals surface area contributed by atoms with E-state index >= 15 is 0 Å². The molecular weight excluding hydrogens is 604 g/mol. The van der Waals surface area contributed by atoms with Crippen molar-refractivity contribution in [3.8, 4) is 5.75 Å². The lowest BCUT2D eigenvalue weighted by molar-refractivity contribution is -0.139. The number of esters is 1. The van der Waals surface area contributed by atoms with Crippen LogP contribution in [-0.2, 0) is 23.9 Å². The molecule has 0 saturated carbocycles. The Kier molecular flexibility index (Phi) is 9.83. The van der Waals surface area contributed by atoms with E-state index in [1.165, 1.54) is 0 Å². The maximum Gasteiger partial charge on any atom is 0.338 e. The Morgan fingerprint density at radius 2 is 1.83 bits per heavy atom. The first kappa shape index (κ1) is 30.6. The number of amides is 3. The number of thiocarbonyl (C=S) groups is 2. The molecule has 0 bridgehead atoms. The summed E-state index contributed by atoms with van der Waals surface area (Å²) in [6.07, 6.45) is 1.01. The minimum absolute atomic E-state index is 0.0896. The number of halogens is 1. The Balaban J connectivity index is 1.42. The van der Waals surface area contributed by atoms with Crippen molar-refractivity contribution < 1.29 is 28.7 Å². The van der Waals surface area contributed by atoms with E-state index in [1.807, 2.05) is 0 Å². The molecule has 2 atom stereocenters. The number of hydrogen-bond donors (Lipinski definition) is 4. The molecule has 4 N–H and O–H groups in total. The molecule has 2 aliphatic heterocycles. The number of benzene rings is 2. The largest absolute Gasteiger partial charge is 0.483 e. The highest BCUT2D eigenvalue weighted by Crippen LogP contribution is 2.33. The number of hydrogen-bond acceptors (Lipinski definition) is 9. The van der Waals surface area contributed by atoms with E-state index < -0.39 is 42.3 Å². The number of rotatable bonds is 9. The maximum atomic E-state index is 13.0. The predicted molar refractivity (Wildman–Crippen MR) is 163 cm³/mol. The first-order valence-electron chi connectivity index (χ1n) is 12.5. The Labute approximate surface area is 256 Å². The summed E-state index contributed by atoms with van der Waals surface area (Å²) >= 11 is 16.4. The van der Waals surface area contributed by atoms with E-state index in [2.05, 4.69) is 26.5 Å². The van der Waals surface area contributed by atoms with Crippen LogP contribution in [0, 0.1) is 5.92 Å². The summed E-state index contributed by atoms with van der Waals surface area (Å²) in [5, 5.41) is 12.9. The predicted octanol–water partition coefficient (Wildman–Crippen LogP) is 2.24. The summed E-state index contributed by atoms with van der Waals surface area (Å²) < 4.78 is 11.0. The number of nitrogens with zero attached hydrogens (tertiary/aromatic N) is 2. The van der Waals surface area contributed by atoms with Crippen LogP contribution < -0.4 is 31.0 Å². The van der Waals surface area contributed by atoms with Crippen molar-refractivity contribution in [3.05, 3.63) is 70.4 Å². The van der Waals surface area contributed by atoms with Gasteiger partial charge in [-0.3, -0.25) is 19.3 Å². The number of hydrazone groups is 1. The van der Waals surface area contributed by atoms with Gasteiger partial charge in [0.15, 0.2) is 22.7 Å². The zero-order valence-corrected chi connectivity index (χ0v) is 24.7. The quantitative estimate of drug-likeness (QED) is 0.107. The van der Waals surface area contributed by atoms with E-state index in [-0.39, 0.29) is 11.7 Å². The molecule has 2 aliphatic rings. The Morgan fingerprint density at radius 1 is 1.12 bits per heavy atom. The second kappa shape index (κ2) is 13.5. The minimum atomic E-state index is -1.35. The van der Waals surface area contributed by atoms with Crippen LogP contribution in [0.4, 0.5) is 5.69 Å². The smallest absolute Gasteiger partial charge is 0.338 e. The molecule has 0 spiro atoms. The van der Waals surface area contributed by atoms with Gasteiger partial charge in [-0.05, 0) is 68.6 Å². The van der Waals surface area contributed by atoms with Crippen molar-refractivity contribution in [2.45, 2.75) is 19.9 Å². The van der Waals surface area contributed by atoms with Gasteiger partial charge < -0.3 is 25.4 Å². The van der Waals surface area contributed by atoms with Gasteiger partial charge in [0.25, 0.3) is 11.8 Å². The van der Waals surface area contributed by atoms with Crippen molar-refractivity contribution in [2.24, 2.45) is 11.0 Å². The third-order valence-corrected chi connectivity index (χ3v) is 6.81. The number of anilines is 1.